The van der Waals surface area contributed by atoms with Gasteiger partial charge in [0.2, 0.25) is 5.91 Å². The first-order chi connectivity index (χ1) is 12.1. The van der Waals surface area contributed by atoms with Crippen molar-refractivity contribution in [2.75, 3.05) is 13.2 Å². The van der Waals surface area contributed by atoms with Crippen LogP contribution >= 0.6 is 0 Å². The summed E-state index contributed by atoms with van der Waals surface area (Å²) in [6.07, 6.45) is 3.19. The highest BCUT2D eigenvalue weighted by molar-refractivity contribution is 5.87. The predicted molar refractivity (Wildman–Crippen MR) is 88.8 cm³/mol. The number of oxazole rings is 1. The summed E-state index contributed by atoms with van der Waals surface area (Å²) in [5, 5.41) is 11.9. The van der Waals surface area contributed by atoms with Gasteiger partial charge < -0.3 is 19.6 Å². The molecule has 132 valence electrons. The lowest BCUT2D eigenvalue weighted by Crippen LogP contribution is -2.55. The highest BCUT2D eigenvalue weighted by Crippen LogP contribution is 2.21. The maximum atomic E-state index is 12.0. The van der Waals surface area contributed by atoms with Gasteiger partial charge in [0.1, 0.15) is 0 Å². The minimum atomic E-state index is -1.29. The van der Waals surface area contributed by atoms with Gasteiger partial charge in [-0.2, -0.15) is 0 Å². The first kappa shape index (κ1) is 17.2. The summed E-state index contributed by atoms with van der Waals surface area (Å²) in [4.78, 5) is 27.6. The van der Waals surface area contributed by atoms with E-state index in [2.05, 4.69) is 10.3 Å². The third-order valence-electron chi connectivity index (χ3n) is 4.22. The van der Waals surface area contributed by atoms with Crippen molar-refractivity contribution in [3.8, 4) is 11.3 Å². The number of hydrogen-bond acceptors (Lipinski definition) is 5. The van der Waals surface area contributed by atoms with Gasteiger partial charge in [0.05, 0.1) is 12.8 Å². The topological polar surface area (TPSA) is 102 Å². The van der Waals surface area contributed by atoms with Crippen molar-refractivity contribution in [1.29, 1.82) is 0 Å². The molecular formula is C18H20N2O5. The fraction of sp³-hybridized carbons (Fsp3) is 0.389. The first-order valence-corrected chi connectivity index (χ1v) is 8.21. The highest BCUT2D eigenvalue weighted by atomic mass is 16.5. The van der Waals surface area contributed by atoms with Crippen molar-refractivity contribution in [2.24, 2.45) is 0 Å². The molecule has 1 saturated heterocycles. The SMILES string of the molecule is O=C(CCCc1ncc(-c2ccccc2)o1)NC1(C(=O)O)CCOC1. The number of nitrogens with zero attached hydrogens (tertiary/aromatic N) is 1. The Morgan fingerprint density at radius 2 is 2.08 bits per heavy atom. The van der Waals surface area contributed by atoms with Gasteiger partial charge in [-0.3, -0.25) is 4.79 Å². The van der Waals surface area contributed by atoms with E-state index in [1.165, 1.54) is 0 Å². The molecule has 1 aromatic carbocycles. The summed E-state index contributed by atoms with van der Waals surface area (Å²) >= 11 is 0. The van der Waals surface area contributed by atoms with Gasteiger partial charge in [0.15, 0.2) is 17.2 Å². The molecule has 1 aromatic heterocycles. The van der Waals surface area contributed by atoms with Crippen LogP contribution in [0.1, 0.15) is 25.2 Å². The Hall–Kier alpha value is -2.67. The fourth-order valence-electron chi connectivity index (χ4n) is 2.78. The van der Waals surface area contributed by atoms with E-state index in [9.17, 15) is 14.7 Å². The van der Waals surface area contributed by atoms with Gasteiger partial charge >= 0.3 is 5.97 Å². The normalized spacial score (nSPS) is 19.7. The molecule has 7 heteroatoms. The lowest BCUT2D eigenvalue weighted by Gasteiger charge is -2.23. The molecule has 0 spiro atoms. The molecule has 1 aliphatic heterocycles. The van der Waals surface area contributed by atoms with Crippen molar-refractivity contribution in [1.82, 2.24) is 10.3 Å². The van der Waals surface area contributed by atoms with Crippen LogP contribution in [0.4, 0.5) is 0 Å². The predicted octanol–water partition coefficient (Wildman–Crippen LogP) is 2.02. The Kier molecular flexibility index (Phi) is 5.14. The summed E-state index contributed by atoms with van der Waals surface area (Å²) in [5.41, 5.74) is -0.343. The third kappa shape index (κ3) is 4.06. The zero-order valence-electron chi connectivity index (χ0n) is 13.7. The zero-order chi connectivity index (χ0) is 17.7. The number of rotatable bonds is 7. The van der Waals surface area contributed by atoms with Crippen LogP contribution in [0.5, 0.6) is 0 Å². The average Bonchev–Trinajstić information content (AvgIpc) is 3.26. The lowest BCUT2D eigenvalue weighted by atomic mass is 9.98. The number of carbonyl (C=O) groups excluding carboxylic acids is 1. The number of benzene rings is 1. The maximum absolute atomic E-state index is 12.0. The molecule has 2 aromatic rings. The molecule has 0 saturated carbocycles. The number of nitrogens with one attached hydrogen (secondary N) is 1. The number of carbonyl (C=O) groups is 2. The van der Waals surface area contributed by atoms with Crippen LogP contribution in [-0.4, -0.2) is 40.7 Å². The summed E-state index contributed by atoms with van der Waals surface area (Å²) in [5.74, 6) is -0.113. The number of carboxylic acid groups (broad SMARTS) is 1. The highest BCUT2D eigenvalue weighted by Gasteiger charge is 2.43. The number of ether oxygens (including phenoxy) is 1. The lowest BCUT2D eigenvalue weighted by molar-refractivity contribution is -0.147. The van der Waals surface area contributed by atoms with E-state index in [1.807, 2.05) is 30.3 Å². The van der Waals surface area contributed by atoms with Gasteiger partial charge in [0.25, 0.3) is 0 Å². The van der Waals surface area contributed by atoms with Crippen molar-refractivity contribution >= 4 is 11.9 Å². The second-order valence-electron chi connectivity index (χ2n) is 6.08. The molecule has 1 fully saturated rings. The molecular weight excluding hydrogens is 324 g/mol. The molecule has 2 N–H and O–H groups in total. The van der Waals surface area contributed by atoms with Gasteiger partial charge in [-0.05, 0) is 6.42 Å². The number of aryl methyl sites for hydroxylation is 1. The minimum absolute atomic E-state index is 0.00818. The number of carboxylic acids is 1. The van der Waals surface area contributed by atoms with Gasteiger partial charge in [-0.25, -0.2) is 9.78 Å². The molecule has 1 aliphatic rings. The minimum Gasteiger partial charge on any atom is -0.479 e. The first-order valence-electron chi connectivity index (χ1n) is 8.21. The monoisotopic (exact) mass is 344 g/mol. The van der Waals surface area contributed by atoms with Gasteiger partial charge in [-0.15, -0.1) is 0 Å². The zero-order valence-corrected chi connectivity index (χ0v) is 13.7. The van der Waals surface area contributed by atoms with Crippen LogP contribution in [0.2, 0.25) is 0 Å². The Morgan fingerprint density at radius 3 is 2.76 bits per heavy atom. The van der Waals surface area contributed by atoms with Gasteiger partial charge in [0, 0.05) is 31.4 Å². The Bertz CT molecular complexity index is 735. The van der Waals surface area contributed by atoms with E-state index < -0.39 is 11.5 Å². The van der Waals surface area contributed by atoms with Crippen molar-refractivity contribution in [3.05, 3.63) is 42.4 Å². The molecule has 0 bridgehead atoms. The quantitative estimate of drug-likeness (QED) is 0.797. The smallest absolute Gasteiger partial charge is 0.331 e. The van der Waals surface area contributed by atoms with Crippen LogP contribution in [0.15, 0.2) is 40.9 Å². The van der Waals surface area contributed by atoms with Gasteiger partial charge in [-0.1, -0.05) is 30.3 Å². The van der Waals surface area contributed by atoms with Crippen LogP contribution < -0.4 is 5.32 Å². The molecule has 2 heterocycles. The molecule has 25 heavy (non-hydrogen) atoms. The van der Waals surface area contributed by atoms with E-state index in [-0.39, 0.29) is 25.4 Å². The molecule has 1 atom stereocenters. The maximum Gasteiger partial charge on any atom is 0.331 e. The molecule has 1 unspecified atom stereocenters. The Balaban J connectivity index is 1.49. The Labute approximate surface area is 145 Å². The number of hydrogen-bond donors (Lipinski definition) is 2. The van der Waals surface area contributed by atoms with Crippen molar-refractivity contribution in [3.63, 3.8) is 0 Å². The molecule has 0 aliphatic carbocycles. The second-order valence-corrected chi connectivity index (χ2v) is 6.08. The Morgan fingerprint density at radius 1 is 1.28 bits per heavy atom. The standard InChI is InChI=1S/C18H20N2O5/c21-15(20-18(17(22)23)9-10-24-12-18)7-4-8-16-19-11-14(25-16)13-5-2-1-3-6-13/h1-3,5-6,11H,4,7-10,12H2,(H,20,21)(H,22,23). The number of aromatic nitrogens is 1. The van der Waals surface area contributed by atoms with Crippen LogP contribution in [0, 0.1) is 0 Å². The summed E-state index contributed by atoms with van der Waals surface area (Å²) in [6, 6.07) is 9.65. The summed E-state index contributed by atoms with van der Waals surface area (Å²) in [6.45, 7) is 0.347. The second kappa shape index (κ2) is 7.48. The molecule has 1 amide bonds. The third-order valence-corrected chi connectivity index (χ3v) is 4.22. The molecule has 3 rings (SSSR count). The molecule has 0 radical (unpaired) electrons. The number of amides is 1. The van der Waals surface area contributed by atoms with E-state index in [0.29, 0.717) is 31.1 Å². The fourth-order valence-corrected chi connectivity index (χ4v) is 2.78. The summed E-state index contributed by atoms with van der Waals surface area (Å²) in [7, 11) is 0. The largest absolute Gasteiger partial charge is 0.479 e. The summed E-state index contributed by atoms with van der Waals surface area (Å²) < 4.78 is 10.8. The number of aliphatic carboxylic acids is 1. The van der Waals surface area contributed by atoms with E-state index in [4.69, 9.17) is 9.15 Å². The van der Waals surface area contributed by atoms with Crippen molar-refractivity contribution in [2.45, 2.75) is 31.2 Å². The van der Waals surface area contributed by atoms with Crippen LogP contribution in [0.25, 0.3) is 11.3 Å². The molecule has 7 nitrogen and oxygen atoms in total. The van der Waals surface area contributed by atoms with E-state index >= 15 is 0 Å². The van der Waals surface area contributed by atoms with E-state index in [1.54, 1.807) is 6.20 Å². The van der Waals surface area contributed by atoms with Crippen molar-refractivity contribution < 1.29 is 23.8 Å². The van der Waals surface area contributed by atoms with Crippen LogP contribution in [-0.2, 0) is 20.7 Å². The van der Waals surface area contributed by atoms with E-state index in [0.717, 1.165) is 5.56 Å². The average molecular weight is 344 g/mol. The van der Waals surface area contributed by atoms with Crippen LogP contribution in [0.3, 0.4) is 0 Å².